The Labute approximate surface area is 129 Å². The number of nitrogens with two attached hydrogens (primary N) is 1. The highest BCUT2D eigenvalue weighted by Crippen LogP contribution is 2.39. The molecule has 1 aliphatic carbocycles. The van der Waals surface area contributed by atoms with Crippen molar-refractivity contribution in [2.24, 2.45) is 22.6 Å². The van der Waals surface area contributed by atoms with Crippen LogP contribution in [0.4, 0.5) is 0 Å². The number of nitrogens with zero attached hydrogens (tertiary/aromatic N) is 2. The highest BCUT2D eigenvalue weighted by Gasteiger charge is 2.38. The van der Waals surface area contributed by atoms with Crippen molar-refractivity contribution in [2.75, 3.05) is 6.67 Å². The molecule has 1 fully saturated rings. The van der Waals surface area contributed by atoms with E-state index in [0.717, 1.165) is 24.1 Å². The third-order valence-electron chi connectivity index (χ3n) is 4.80. The number of hydrogen-bond acceptors (Lipinski definition) is 4. The molecular weight excluding hydrogens is 260 g/mol. The Morgan fingerprint density at radius 1 is 1.52 bits per heavy atom. The van der Waals surface area contributed by atoms with Crippen LogP contribution in [0.25, 0.3) is 0 Å². The molecule has 118 valence electrons. The van der Waals surface area contributed by atoms with Gasteiger partial charge in [-0.05, 0) is 31.6 Å². The zero-order chi connectivity index (χ0) is 15.4. The molecule has 1 saturated carbocycles. The molecule has 0 saturated heterocycles. The fourth-order valence-electron chi connectivity index (χ4n) is 3.77. The van der Waals surface area contributed by atoms with Crippen molar-refractivity contribution >= 4 is 6.21 Å². The van der Waals surface area contributed by atoms with Gasteiger partial charge >= 0.3 is 0 Å². The smallest absolute Gasteiger partial charge is 0.155 e. The van der Waals surface area contributed by atoms with Gasteiger partial charge < -0.3 is 16.0 Å². The highest BCUT2D eigenvalue weighted by atomic mass is 15.4. The molecular formula is C17H30N4. The molecule has 0 aromatic carbocycles. The van der Waals surface area contributed by atoms with E-state index >= 15 is 0 Å². The van der Waals surface area contributed by atoms with Crippen molar-refractivity contribution in [3.63, 3.8) is 0 Å². The van der Waals surface area contributed by atoms with Gasteiger partial charge in [0.15, 0.2) is 5.82 Å². The van der Waals surface area contributed by atoms with E-state index in [1.807, 2.05) is 13.1 Å². The normalized spacial score (nSPS) is 29.5. The minimum Gasteiger partial charge on any atom is -0.397 e. The summed E-state index contributed by atoms with van der Waals surface area (Å²) in [5, 5.41) is 3.36. The molecule has 3 unspecified atom stereocenters. The number of aliphatic imine (C=N–C) groups is 1. The summed E-state index contributed by atoms with van der Waals surface area (Å²) in [6.45, 7) is 11.3. The lowest BCUT2D eigenvalue weighted by molar-refractivity contribution is 0.222. The summed E-state index contributed by atoms with van der Waals surface area (Å²) in [6.07, 6.45) is 8.46. The van der Waals surface area contributed by atoms with Gasteiger partial charge in [-0.15, -0.1) is 0 Å². The van der Waals surface area contributed by atoms with Crippen molar-refractivity contribution in [3.05, 3.63) is 23.8 Å². The average Bonchev–Trinajstić information content (AvgIpc) is 3.00. The molecule has 1 heterocycles. The first-order valence-electron chi connectivity index (χ1n) is 8.26. The summed E-state index contributed by atoms with van der Waals surface area (Å²) in [5.74, 6) is 2.54. The van der Waals surface area contributed by atoms with Crippen LogP contribution in [0.3, 0.4) is 0 Å². The Kier molecular flexibility index (Phi) is 5.32. The molecule has 0 amide bonds. The van der Waals surface area contributed by atoms with Crippen LogP contribution in [0.2, 0.25) is 0 Å². The minimum absolute atomic E-state index is 0.565. The first-order valence-corrected chi connectivity index (χ1v) is 8.26. The molecule has 3 atom stereocenters. The highest BCUT2D eigenvalue weighted by molar-refractivity contribution is 5.56. The SMILES string of the molecule is C=C(N)C1=C(N=CC)N(C2CC(CCCC)CC2C)CN1. The van der Waals surface area contributed by atoms with Gasteiger partial charge in [0.2, 0.25) is 0 Å². The quantitative estimate of drug-likeness (QED) is 0.739. The van der Waals surface area contributed by atoms with E-state index in [1.165, 1.54) is 32.1 Å². The molecule has 21 heavy (non-hydrogen) atoms. The van der Waals surface area contributed by atoms with Crippen LogP contribution in [0, 0.1) is 11.8 Å². The first-order chi connectivity index (χ1) is 10.1. The van der Waals surface area contributed by atoms with E-state index in [2.05, 4.69) is 35.6 Å². The van der Waals surface area contributed by atoms with Crippen LogP contribution in [0.5, 0.6) is 0 Å². The van der Waals surface area contributed by atoms with E-state index in [-0.39, 0.29) is 0 Å². The van der Waals surface area contributed by atoms with Gasteiger partial charge in [0.25, 0.3) is 0 Å². The fourth-order valence-corrected chi connectivity index (χ4v) is 3.77. The van der Waals surface area contributed by atoms with Crippen molar-refractivity contribution in [1.82, 2.24) is 10.2 Å². The molecule has 0 spiro atoms. The third-order valence-corrected chi connectivity index (χ3v) is 4.80. The molecule has 0 radical (unpaired) electrons. The second-order valence-corrected chi connectivity index (χ2v) is 6.44. The zero-order valence-corrected chi connectivity index (χ0v) is 13.7. The molecule has 1 aliphatic heterocycles. The molecule has 4 nitrogen and oxygen atoms in total. The van der Waals surface area contributed by atoms with Crippen molar-refractivity contribution in [2.45, 2.75) is 58.9 Å². The van der Waals surface area contributed by atoms with Gasteiger partial charge in [-0.2, -0.15) is 0 Å². The van der Waals surface area contributed by atoms with Gasteiger partial charge in [0.05, 0.1) is 12.4 Å². The lowest BCUT2D eigenvalue weighted by Crippen LogP contribution is -2.36. The molecule has 0 bridgehead atoms. The summed E-state index contributed by atoms with van der Waals surface area (Å²) in [6, 6.07) is 0.565. The number of rotatable bonds is 6. The molecule has 4 heteroatoms. The molecule has 0 aromatic rings. The first kappa shape index (κ1) is 15.9. The number of hydrogen-bond donors (Lipinski definition) is 2. The van der Waals surface area contributed by atoms with E-state index < -0.39 is 0 Å². The van der Waals surface area contributed by atoms with E-state index in [1.54, 1.807) is 0 Å². The summed E-state index contributed by atoms with van der Waals surface area (Å²) in [4.78, 5) is 6.94. The number of nitrogens with one attached hydrogen (secondary N) is 1. The van der Waals surface area contributed by atoms with Crippen LogP contribution in [-0.2, 0) is 0 Å². The fraction of sp³-hybridized carbons (Fsp3) is 0.706. The third kappa shape index (κ3) is 3.42. The van der Waals surface area contributed by atoms with E-state index in [9.17, 15) is 0 Å². The van der Waals surface area contributed by atoms with Crippen molar-refractivity contribution in [3.8, 4) is 0 Å². The lowest BCUT2D eigenvalue weighted by atomic mass is 10.00. The predicted octanol–water partition coefficient (Wildman–Crippen LogP) is 3.19. The van der Waals surface area contributed by atoms with Crippen LogP contribution < -0.4 is 11.1 Å². The lowest BCUT2D eigenvalue weighted by Gasteiger charge is -2.29. The van der Waals surface area contributed by atoms with Gasteiger partial charge in [-0.1, -0.05) is 39.7 Å². The van der Waals surface area contributed by atoms with Gasteiger partial charge in [0.1, 0.15) is 5.70 Å². The van der Waals surface area contributed by atoms with Gasteiger partial charge in [-0.25, -0.2) is 4.99 Å². The molecule has 3 N–H and O–H groups in total. The summed E-state index contributed by atoms with van der Waals surface area (Å²) in [7, 11) is 0. The minimum atomic E-state index is 0.565. The largest absolute Gasteiger partial charge is 0.397 e. The standard InChI is InChI=1S/C17H30N4/c1-5-7-8-14-9-12(3)15(10-14)21-11-20-16(13(4)18)17(21)19-6-2/h6,12,14-15,20H,4-5,7-11,18H2,1-3H3. The van der Waals surface area contributed by atoms with Crippen LogP contribution in [0.15, 0.2) is 28.8 Å². The van der Waals surface area contributed by atoms with Crippen molar-refractivity contribution in [1.29, 1.82) is 0 Å². The molecule has 0 aromatic heterocycles. The average molecular weight is 290 g/mol. The van der Waals surface area contributed by atoms with Gasteiger partial charge in [0, 0.05) is 12.3 Å². The van der Waals surface area contributed by atoms with Crippen LogP contribution in [0.1, 0.15) is 52.9 Å². The Bertz CT molecular complexity index is 438. The van der Waals surface area contributed by atoms with Gasteiger partial charge in [-0.3, -0.25) is 0 Å². The Hall–Kier alpha value is -1.45. The Balaban J connectivity index is 2.12. The summed E-state index contributed by atoms with van der Waals surface area (Å²) in [5.41, 5.74) is 7.37. The maximum absolute atomic E-state index is 5.89. The predicted molar refractivity (Wildman–Crippen MR) is 89.6 cm³/mol. The topological polar surface area (TPSA) is 53.6 Å². The van der Waals surface area contributed by atoms with E-state index in [4.69, 9.17) is 5.73 Å². The summed E-state index contributed by atoms with van der Waals surface area (Å²) >= 11 is 0. The second kappa shape index (κ2) is 7.01. The monoisotopic (exact) mass is 290 g/mol. The number of unbranched alkanes of at least 4 members (excludes halogenated alkanes) is 1. The second-order valence-electron chi connectivity index (χ2n) is 6.44. The van der Waals surface area contributed by atoms with Crippen molar-refractivity contribution < 1.29 is 0 Å². The Morgan fingerprint density at radius 3 is 2.90 bits per heavy atom. The Morgan fingerprint density at radius 2 is 2.29 bits per heavy atom. The van der Waals surface area contributed by atoms with Crippen LogP contribution in [-0.4, -0.2) is 23.8 Å². The maximum Gasteiger partial charge on any atom is 0.155 e. The zero-order valence-electron chi connectivity index (χ0n) is 13.7. The maximum atomic E-state index is 5.89. The summed E-state index contributed by atoms with van der Waals surface area (Å²) < 4.78 is 0. The van der Waals surface area contributed by atoms with Crippen LogP contribution >= 0.6 is 0 Å². The van der Waals surface area contributed by atoms with E-state index in [0.29, 0.717) is 17.7 Å². The molecule has 2 rings (SSSR count). The molecule has 2 aliphatic rings.